The highest BCUT2D eigenvalue weighted by Gasteiger charge is 2.20. The van der Waals surface area contributed by atoms with Gasteiger partial charge in [-0.15, -0.1) is 0 Å². The molecule has 188 valence electrons. The van der Waals surface area contributed by atoms with Gasteiger partial charge in [-0.2, -0.15) is 0 Å². The van der Waals surface area contributed by atoms with Crippen LogP contribution < -0.4 is 0 Å². The zero-order valence-electron chi connectivity index (χ0n) is 21.4. The number of carbonyl (C=O) groups is 2. The molecule has 0 N–H and O–H groups in total. The predicted octanol–water partition coefficient (Wildman–Crippen LogP) is 4.67. The maximum atomic E-state index is 13.4. The number of amides is 1. The smallest absolute Gasteiger partial charge is 0.313 e. The number of esters is 1. The lowest BCUT2D eigenvalue weighted by Gasteiger charge is -2.26. The Morgan fingerprint density at radius 1 is 1.00 bits per heavy atom. The normalized spacial score (nSPS) is 14.4. The standard InChI is InChI=1S/C27H42N4O3/c1-4-6-17-30(18-7-5-2)27(33)22-12-13-23-24(20-22)31(25(28-23)21-26(32)34-3)19-11-16-29-14-9-8-10-15-29/h12-13,20H,4-11,14-19,21H2,1-3H3. The van der Waals surface area contributed by atoms with E-state index in [-0.39, 0.29) is 18.3 Å². The lowest BCUT2D eigenvalue weighted by atomic mass is 10.1. The number of unbranched alkanes of at least 4 members (excludes halogenated alkanes) is 2. The molecule has 34 heavy (non-hydrogen) atoms. The maximum absolute atomic E-state index is 13.4. The lowest BCUT2D eigenvalue weighted by Crippen LogP contribution is -2.33. The van der Waals surface area contributed by atoms with Crippen LogP contribution in [0.3, 0.4) is 0 Å². The van der Waals surface area contributed by atoms with Crippen molar-refractivity contribution in [3.8, 4) is 0 Å². The van der Waals surface area contributed by atoms with Crippen LogP contribution >= 0.6 is 0 Å². The Kier molecular flexibility index (Phi) is 10.4. The van der Waals surface area contributed by atoms with Crippen LogP contribution in [0.15, 0.2) is 18.2 Å². The highest BCUT2D eigenvalue weighted by Crippen LogP contribution is 2.21. The van der Waals surface area contributed by atoms with Gasteiger partial charge in [0.25, 0.3) is 5.91 Å². The predicted molar refractivity (Wildman–Crippen MR) is 136 cm³/mol. The number of fused-ring (bicyclic) bond motifs is 1. The van der Waals surface area contributed by atoms with E-state index in [9.17, 15) is 9.59 Å². The zero-order valence-corrected chi connectivity index (χ0v) is 21.4. The van der Waals surface area contributed by atoms with Gasteiger partial charge >= 0.3 is 5.97 Å². The third-order valence-electron chi connectivity index (χ3n) is 6.76. The summed E-state index contributed by atoms with van der Waals surface area (Å²) >= 11 is 0. The van der Waals surface area contributed by atoms with Crippen LogP contribution in [0.4, 0.5) is 0 Å². The Labute approximate surface area is 204 Å². The van der Waals surface area contributed by atoms with Gasteiger partial charge in [-0.25, -0.2) is 4.98 Å². The van der Waals surface area contributed by atoms with E-state index in [4.69, 9.17) is 9.72 Å². The Morgan fingerprint density at radius 2 is 1.71 bits per heavy atom. The number of likely N-dealkylation sites (tertiary alicyclic amines) is 1. The Morgan fingerprint density at radius 3 is 2.35 bits per heavy atom. The molecule has 0 saturated carbocycles. The van der Waals surface area contributed by atoms with Gasteiger partial charge in [-0.1, -0.05) is 33.1 Å². The number of methoxy groups -OCH3 is 1. The first-order chi connectivity index (χ1) is 16.6. The van der Waals surface area contributed by atoms with Crippen LogP contribution in [-0.2, 0) is 22.5 Å². The second kappa shape index (κ2) is 13.5. The van der Waals surface area contributed by atoms with Gasteiger partial charge in [0.05, 0.1) is 18.1 Å². The summed E-state index contributed by atoms with van der Waals surface area (Å²) in [5.74, 6) is 0.493. The Hall–Kier alpha value is -2.41. The average Bonchev–Trinajstić information content (AvgIpc) is 3.20. The van der Waals surface area contributed by atoms with Crippen LogP contribution in [0.25, 0.3) is 11.0 Å². The van der Waals surface area contributed by atoms with Crippen molar-refractivity contribution in [2.45, 2.75) is 78.2 Å². The average molecular weight is 471 g/mol. The third-order valence-corrected chi connectivity index (χ3v) is 6.76. The van der Waals surface area contributed by atoms with E-state index in [2.05, 4.69) is 23.3 Å². The quantitative estimate of drug-likeness (QED) is 0.398. The van der Waals surface area contributed by atoms with E-state index < -0.39 is 0 Å². The molecule has 0 bridgehead atoms. The first-order valence-electron chi connectivity index (χ1n) is 13.1. The molecular formula is C27H42N4O3. The SMILES string of the molecule is CCCCN(CCCC)C(=O)c1ccc2nc(CC(=O)OC)n(CCCN3CCCCC3)c2c1. The van der Waals surface area contributed by atoms with Crippen molar-refractivity contribution in [1.82, 2.24) is 19.4 Å². The van der Waals surface area contributed by atoms with E-state index >= 15 is 0 Å². The van der Waals surface area contributed by atoms with Crippen LogP contribution in [-0.4, -0.2) is 71.1 Å². The number of ether oxygens (including phenoxy) is 1. The van der Waals surface area contributed by atoms with Crippen molar-refractivity contribution >= 4 is 22.9 Å². The van der Waals surface area contributed by atoms with Crippen molar-refractivity contribution in [3.63, 3.8) is 0 Å². The zero-order chi connectivity index (χ0) is 24.3. The number of aryl methyl sites for hydroxylation is 1. The summed E-state index contributed by atoms with van der Waals surface area (Å²) in [7, 11) is 1.41. The molecule has 1 aliphatic heterocycles. The molecule has 1 saturated heterocycles. The molecule has 0 unspecified atom stereocenters. The first-order valence-corrected chi connectivity index (χ1v) is 13.1. The molecule has 1 aliphatic rings. The monoisotopic (exact) mass is 470 g/mol. The number of hydrogen-bond donors (Lipinski definition) is 0. The molecule has 7 nitrogen and oxygen atoms in total. The fourth-order valence-corrected chi connectivity index (χ4v) is 4.72. The molecule has 1 fully saturated rings. The molecule has 0 radical (unpaired) electrons. The van der Waals surface area contributed by atoms with Crippen LogP contribution in [0, 0.1) is 0 Å². The molecule has 0 spiro atoms. The molecular weight excluding hydrogens is 428 g/mol. The van der Waals surface area contributed by atoms with Gasteiger partial charge in [0, 0.05) is 25.2 Å². The van der Waals surface area contributed by atoms with Gasteiger partial charge in [-0.3, -0.25) is 9.59 Å². The minimum absolute atomic E-state index is 0.0828. The van der Waals surface area contributed by atoms with Crippen molar-refractivity contribution < 1.29 is 14.3 Å². The molecule has 2 heterocycles. The molecule has 0 aliphatic carbocycles. The number of hydrogen-bond acceptors (Lipinski definition) is 5. The number of aromatic nitrogens is 2. The molecule has 2 aromatic rings. The second-order valence-corrected chi connectivity index (χ2v) is 9.39. The number of piperidine rings is 1. The van der Waals surface area contributed by atoms with Crippen LogP contribution in [0.1, 0.15) is 81.4 Å². The fraction of sp³-hybridized carbons (Fsp3) is 0.667. The fourth-order valence-electron chi connectivity index (χ4n) is 4.72. The summed E-state index contributed by atoms with van der Waals surface area (Å²) in [4.78, 5) is 34.7. The van der Waals surface area contributed by atoms with E-state index in [0.29, 0.717) is 11.4 Å². The minimum Gasteiger partial charge on any atom is -0.469 e. The third kappa shape index (κ3) is 7.05. The van der Waals surface area contributed by atoms with E-state index in [1.54, 1.807) is 0 Å². The molecule has 1 aromatic heterocycles. The number of carbonyl (C=O) groups excluding carboxylic acids is 2. The summed E-state index contributed by atoms with van der Waals surface area (Å²) in [5.41, 5.74) is 2.44. The number of nitrogens with zero attached hydrogens (tertiary/aromatic N) is 4. The van der Waals surface area contributed by atoms with Gasteiger partial charge in [0.1, 0.15) is 12.2 Å². The largest absolute Gasteiger partial charge is 0.469 e. The lowest BCUT2D eigenvalue weighted by molar-refractivity contribution is -0.139. The van der Waals surface area contributed by atoms with Gasteiger partial charge in [-0.05, 0) is 69.9 Å². The maximum Gasteiger partial charge on any atom is 0.313 e. The van der Waals surface area contributed by atoms with E-state index in [0.717, 1.165) is 69.3 Å². The summed E-state index contributed by atoms with van der Waals surface area (Å²) < 4.78 is 7.03. The summed E-state index contributed by atoms with van der Waals surface area (Å²) in [5, 5.41) is 0. The molecule has 1 aromatic carbocycles. The van der Waals surface area contributed by atoms with Gasteiger partial charge in [0.15, 0.2) is 0 Å². The summed E-state index contributed by atoms with van der Waals surface area (Å²) in [6.07, 6.45) is 9.15. The van der Waals surface area contributed by atoms with Crippen molar-refractivity contribution in [3.05, 3.63) is 29.6 Å². The molecule has 7 heteroatoms. The van der Waals surface area contributed by atoms with Crippen molar-refractivity contribution in [2.24, 2.45) is 0 Å². The second-order valence-electron chi connectivity index (χ2n) is 9.39. The van der Waals surface area contributed by atoms with Gasteiger partial charge < -0.3 is 19.1 Å². The topological polar surface area (TPSA) is 67.7 Å². The molecule has 3 rings (SSSR count). The van der Waals surface area contributed by atoms with Crippen molar-refractivity contribution in [2.75, 3.05) is 39.8 Å². The Balaban J connectivity index is 1.84. The highest BCUT2D eigenvalue weighted by atomic mass is 16.5. The number of benzene rings is 1. The number of rotatable bonds is 13. The van der Waals surface area contributed by atoms with E-state index in [1.165, 1.54) is 39.5 Å². The molecule has 0 atom stereocenters. The summed E-state index contributed by atoms with van der Waals surface area (Å²) in [6.45, 7) is 10.0. The summed E-state index contributed by atoms with van der Waals surface area (Å²) in [6, 6.07) is 5.77. The van der Waals surface area contributed by atoms with Crippen molar-refractivity contribution in [1.29, 1.82) is 0 Å². The number of imidazole rings is 1. The molecule has 1 amide bonds. The first kappa shape index (κ1) is 26.2. The van der Waals surface area contributed by atoms with Crippen LogP contribution in [0.2, 0.25) is 0 Å². The minimum atomic E-state index is -0.297. The highest BCUT2D eigenvalue weighted by molar-refractivity contribution is 5.97. The van der Waals surface area contributed by atoms with Crippen LogP contribution in [0.5, 0.6) is 0 Å². The van der Waals surface area contributed by atoms with E-state index in [1.807, 2.05) is 23.1 Å². The van der Waals surface area contributed by atoms with Gasteiger partial charge in [0.2, 0.25) is 0 Å². The Bertz CT molecular complexity index is 925.